The van der Waals surface area contributed by atoms with E-state index in [1.807, 2.05) is 5.38 Å². The number of aliphatic hydroxyl groups is 1. The molecule has 2 N–H and O–H groups in total. The molecule has 2 aromatic rings. The summed E-state index contributed by atoms with van der Waals surface area (Å²) in [7, 11) is -1.70. The van der Waals surface area contributed by atoms with E-state index in [1.54, 1.807) is 19.9 Å². The normalized spacial score (nSPS) is 16.2. The Kier molecular flexibility index (Phi) is 5.71. The van der Waals surface area contributed by atoms with Gasteiger partial charge in [-0.3, -0.25) is 0 Å². The van der Waals surface area contributed by atoms with Gasteiger partial charge < -0.3 is 19.0 Å². The van der Waals surface area contributed by atoms with Gasteiger partial charge in [0, 0.05) is 5.69 Å². The Balaban J connectivity index is 1.56. The number of carbonyl (C=O) groups is 1. The van der Waals surface area contributed by atoms with Crippen molar-refractivity contribution in [3.63, 3.8) is 0 Å². The van der Waals surface area contributed by atoms with Crippen LogP contribution in [0.25, 0.3) is 0 Å². The summed E-state index contributed by atoms with van der Waals surface area (Å²) in [5.41, 5.74) is 5.62. The lowest BCUT2D eigenvalue weighted by Gasteiger charge is -2.17. The van der Waals surface area contributed by atoms with Gasteiger partial charge in [-0.1, -0.05) is 5.75 Å². The van der Waals surface area contributed by atoms with Crippen molar-refractivity contribution in [2.75, 3.05) is 5.32 Å². The van der Waals surface area contributed by atoms with E-state index < -0.39 is 22.2 Å². The number of hydrogen-bond acceptors (Lipinski definition) is 6. The van der Waals surface area contributed by atoms with Gasteiger partial charge in [0.2, 0.25) is 0 Å². The lowest BCUT2D eigenvalue weighted by atomic mass is 9.93. The SMILES string of the molecule is CC(C)(O)c1csc(C/[S-](=O)=N\C(=O)Nc2c3c(c(C#N)c4c2CCC4)CCC3)c1. The van der Waals surface area contributed by atoms with Crippen LogP contribution in [-0.4, -0.2) is 11.1 Å². The van der Waals surface area contributed by atoms with E-state index in [0.717, 1.165) is 82.5 Å². The summed E-state index contributed by atoms with van der Waals surface area (Å²) in [6.07, 6.45) is 5.34. The van der Waals surface area contributed by atoms with Crippen molar-refractivity contribution in [1.29, 1.82) is 5.26 Å². The number of hydrogen-bond donors (Lipinski definition) is 2. The van der Waals surface area contributed by atoms with Gasteiger partial charge >= 0.3 is 6.03 Å². The Labute approximate surface area is 182 Å². The second-order valence-electron chi connectivity index (χ2n) is 8.33. The molecular formula is C22H24N3O3S2-. The van der Waals surface area contributed by atoms with Gasteiger partial charge in [0.05, 0.1) is 17.2 Å². The van der Waals surface area contributed by atoms with Crippen LogP contribution in [0, 0.1) is 11.3 Å². The number of fused-ring (bicyclic) bond motifs is 2. The number of nitriles is 1. The second-order valence-corrected chi connectivity index (χ2v) is 10.4. The quantitative estimate of drug-likeness (QED) is 0.670. The first-order valence-corrected chi connectivity index (χ1v) is 12.2. The smallest absolute Gasteiger partial charge is 0.322 e. The minimum Gasteiger partial charge on any atom is -0.444 e. The first kappa shape index (κ1) is 21.0. The third-order valence-corrected chi connectivity index (χ3v) is 7.84. The summed E-state index contributed by atoms with van der Waals surface area (Å²) in [5, 5.41) is 24.4. The highest BCUT2D eigenvalue weighted by atomic mass is 32.2. The van der Waals surface area contributed by atoms with E-state index in [-0.39, 0.29) is 5.75 Å². The number of anilines is 1. The summed E-state index contributed by atoms with van der Waals surface area (Å²) in [4.78, 5) is 13.4. The van der Waals surface area contributed by atoms with Crippen molar-refractivity contribution in [3.8, 4) is 6.07 Å². The highest BCUT2D eigenvalue weighted by molar-refractivity contribution is 7.74. The maximum absolute atomic E-state index is 12.6. The molecule has 0 fully saturated rings. The van der Waals surface area contributed by atoms with Gasteiger partial charge in [0.1, 0.15) is 0 Å². The molecule has 0 radical (unpaired) electrons. The lowest BCUT2D eigenvalue weighted by molar-refractivity contribution is 0.0790. The van der Waals surface area contributed by atoms with Gasteiger partial charge in [0.25, 0.3) is 0 Å². The summed E-state index contributed by atoms with van der Waals surface area (Å²) >= 11 is 1.40. The van der Waals surface area contributed by atoms with Crippen LogP contribution in [0.3, 0.4) is 0 Å². The molecule has 4 rings (SSSR count). The molecule has 0 unspecified atom stereocenters. The third-order valence-electron chi connectivity index (χ3n) is 5.80. The highest BCUT2D eigenvalue weighted by Gasteiger charge is 2.29. The minimum absolute atomic E-state index is 0.137. The molecule has 2 aliphatic carbocycles. The van der Waals surface area contributed by atoms with Crippen molar-refractivity contribution in [3.05, 3.63) is 49.7 Å². The van der Waals surface area contributed by atoms with E-state index in [4.69, 9.17) is 0 Å². The minimum atomic E-state index is -1.70. The molecule has 1 aromatic heterocycles. The first-order chi connectivity index (χ1) is 14.3. The van der Waals surface area contributed by atoms with E-state index >= 15 is 0 Å². The molecule has 0 bridgehead atoms. The Hall–Kier alpha value is -2.21. The summed E-state index contributed by atoms with van der Waals surface area (Å²) in [6, 6.07) is 3.57. The maximum atomic E-state index is 12.6. The highest BCUT2D eigenvalue weighted by Crippen LogP contribution is 2.41. The first-order valence-electron chi connectivity index (χ1n) is 10.1. The van der Waals surface area contributed by atoms with Crippen LogP contribution in [0.5, 0.6) is 0 Å². The molecule has 0 atom stereocenters. The zero-order chi connectivity index (χ0) is 21.5. The van der Waals surface area contributed by atoms with Crippen LogP contribution in [0.15, 0.2) is 15.8 Å². The molecule has 0 spiro atoms. The standard InChI is InChI=1S/C22H24N3O3S2/c1-22(2,27)13-9-14(29-11-13)12-30(28)25-21(26)24-20-17-7-3-5-15(17)19(10-23)16-6-4-8-18(16)20/h9,11,27H,3-8,12H2,1-2H3,(H,24,26)/q-1. The van der Waals surface area contributed by atoms with Crippen LogP contribution in [-0.2, 0) is 51.8 Å². The molecule has 0 aliphatic heterocycles. The fourth-order valence-corrected chi connectivity index (χ4v) is 6.42. The largest absolute Gasteiger partial charge is 0.444 e. The Morgan fingerprint density at radius 2 is 1.83 bits per heavy atom. The molecule has 1 heterocycles. The Morgan fingerprint density at radius 3 is 2.37 bits per heavy atom. The summed E-state index contributed by atoms with van der Waals surface area (Å²) < 4.78 is 16.3. The zero-order valence-corrected chi connectivity index (χ0v) is 18.7. The molecule has 6 nitrogen and oxygen atoms in total. The van der Waals surface area contributed by atoms with Crippen LogP contribution in [0.4, 0.5) is 10.5 Å². The topological polar surface area (TPSA) is 103 Å². The van der Waals surface area contributed by atoms with Crippen molar-refractivity contribution in [2.24, 2.45) is 4.36 Å². The maximum Gasteiger partial charge on any atom is 0.322 e. The fraction of sp³-hybridized carbons (Fsp3) is 0.455. The number of thiophene rings is 1. The van der Waals surface area contributed by atoms with Gasteiger partial charge in [-0.05, 0) is 96.5 Å². The van der Waals surface area contributed by atoms with Crippen LogP contribution < -0.4 is 5.32 Å². The van der Waals surface area contributed by atoms with Crippen LogP contribution >= 0.6 is 11.3 Å². The number of nitrogens with zero attached hydrogens (tertiary/aromatic N) is 2. The van der Waals surface area contributed by atoms with Crippen molar-refractivity contribution >= 4 is 33.7 Å². The van der Waals surface area contributed by atoms with Crippen molar-refractivity contribution in [2.45, 2.75) is 63.7 Å². The fourth-order valence-electron chi connectivity index (χ4n) is 4.39. The predicted molar refractivity (Wildman–Crippen MR) is 118 cm³/mol. The third kappa shape index (κ3) is 4.02. The van der Waals surface area contributed by atoms with Crippen LogP contribution in [0.2, 0.25) is 0 Å². The number of nitrogens with one attached hydrogen (secondary N) is 1. The van der Waals surface area contributed by atoms with Crippen molar-refractivity contribution in [1.82, 2.24) is 0 Å². The number of rotatable bonds is 4. The van der Waals surface area contributed by atoms with Gasteiger partial charge in [0.15, 0.2) is 0 Å². The predicted octanol–water partition coefficient (Wildman–Crippen LogP) is 4.70. The Morgan fingerprint density at radius 1 is 1.23 bits per heavy atom. The molecule has 8 heteroatoms. The lowest BCUT2D eigenvalue weighted by Crippen LogP contribution is -2.13. The molecular weight excluding hydrogens is 418 g/mol. The second kappa shape index (κ2) is 8.14. The molecule has 158 valence electrons. The summed E-state index contributed by atoms with van der Waals surface area (Å²) in [6.45, 7) is 3.39. The molecule has 30 heavy (non-hydrogen) atoms. The molecule has 0 saturated carbocycles. The van der Waals surface area contributed by atoms with E-state index in [0.29, 0.717) is 0 Å². The zero-order valence-electron chi connectivity index (χ0n) is 17.1. The monoisotopic (exact) mass is 442 g/mol. The van der Waals surface area contributed by atoms with E-state index in [9.17, 15) is 19.4 Å². The molecule has 1 aromatic carbocycles. The van der Waals surface area contributed by atoms with E-state index in [2.05, 4.69) is 15.7 Å². The van der Waals surface area contributed by atoms with E-state index in [1.165, 1.54) is 11.3 Å². The number of amides is 2. The molecule has 2 aliphatic rings. The van der Waals surface area contributed by atoms with Crippen molar-refractivity contribution < 1.29 is 14.1 Å². The average molecular weight is 443 g/mol. The molecule has 0 saturated heterocycles. The van der Waals surface area contributed by atoms with Gasteiger partial charge in [-0.25, -0.2) is 4.79 Å². The average Bonchev–Trinajstić information content (AvgIpc) is 3.41. The van der Waals surface area contributed by atoms with Crippen LogP contribution in [0.1, 0.15) is 64.9 Å². The summed E-state index contributed by atoms with van der Waals surface area (Å²) in [5.74, 6) is 0.137. The molecule has 2 amide bonds. The van der Waals surface area contributed by atoms with Gasteiger partial charge in [-0.2, -0.15) is 27.2 Å². The number of benzene rings is 1. The number of urea groups is 1. The van der Waals surface area contributed by atoms with Gasteiger partial charge in [-0.15, -0.1) is 0 Å². The Bertz CT molecular complexity index is 1110. The number of carbonyl (C=O) groups excluding carboxylic acids is 1.